The highest BCUT2D eigenvalue weighted by atomic mass is 16.4. The number of benzene rings is 2. The lowest BCUT2D eigenvalue weighted by molar-refractivity contribution is -0.142. The van der Waals surface area contributed by atoms with Crippen LogP contribution in [0.1, 0.15) is 17.5 Å². The molecular formula is C28H30N6O7. The SMILES string of the molecule is NC(Cc1c[nH]c2ccccc12)C(=O)NC(CC(=O)O)C(=O)NCC(=O)NC(Cc1c[nH]c2ccccc12)C(=O)O. The molecule has 0 saturated carbocycles. The smallest absolute Gasteiger partial charge is 0.326 e. The molecule has 9 N–H and O–H groups in total. The third-order valence-electron chi connectivity index (χ3n) is 6.62. The minimum Gasteiger partial charge on any atom is -0.481 e. The van der Waals surface area contributed by atoms with Crippen LogP contribution in [-0.4, -0.2) is 74.5 Å². The molecule has 4 aromatic rings. The van der Waals surface area contributed by atoms with Crippen LogP contribution >= 0.6 is 0 Å². The zero-order chi connectivity index (χ0) is 29.5. The quantitative estimate of drug-likeness (QED) is 0.114. The number of fused-ring (bicyclic) bond motifs is 2. The van der Waals surface area contributed by atoms with E-state index in [0.717, 1.165) is 27.4 Å². The van der Waals surface area contributed by atoms with Crippen LogP contribution in [0.4, 0.5) is 0 Å². The number of aromatic nitrogens is 2. The van der Waals surface area contributed by atoms with Crippen LogP contribution in [-0.2, 0) is 36.8 Å². The fourth-order valence-corrected chi connectivity index (χ4v) is 4.55. The van der Waals surface area contributed by atoms with E-state index in [2.05, 4.69) is 25.9 Å². The zero-order valence-electron chi connectivity index (χ0n) is 21.8. The maximum Gasteiger partial charge on any atom is 0.326 e. The van der Waals surface area contributed by atoms with E-state index in [9.17, 15) is 34.2 Å². The summed E-state index contributed by atoms with van der Waals surface area (Å²) in [5.74, 6) is -5.11. The summed E-state index contributed by atoms with van der Waals surface area (Å²) >= 11 is 0. The van der Waals surface area contributed by atoms with E-state index in [-0.39, 0.29) is 12.8 Å². The molecule has 3 unspecified atom stereocenters. The van der Waals surface area contributed by atoms with Crippen molar-refractivity contribution in [3.8, 4) is 0 Å². The lowest BCUT2D eigenvalue weighted by atomic mass is 10.0. The summed E-state index contributed by atoms with van der Waals surface area (Å²) in [5.41, 5.74) is 9.19. The Hall–Kier alpha value is -5.17. The van der Waals surface area contributed by atoms with Crippen molar-refractivity contribution >= 4 is 51.5 Å². The number of H-pyrrole nitrogens is 2. The van der Waals surface area contributed by atoms with Gasteiger partial charge >= 0.3 is 11.9 Å². The molecule has 0 fully saturated rings. The summed E-state index contributed by atoms with van der Waals surface area (Å²) in [5, 5.41) is 27.5. The molecule has 13 heteroatoms. The van der Waals surface area contributed by atoms with Crippen LogP contribution in [0.2, 0.25) is 0 Å². The maximum absolute atomic E-state index is 12.7. The number of hydrogen-bond donors (Lipinski definition) is 8. The summed E-state index contributed by atoms with van der Waals surface area (Å²) in [4.78, 5) is 67.2. The third-order valence-corrected chi connectivity index (χ3v) is 6.62. The number of aromatic amines is 2. The number of nitrogens with two attached hydrogens (primary N) is 1. The minimum absolute atomic E-state index is 0.00888. The Balaban J connectivity index is 1.33. The number of carbonyl (C=O) groups excluding carboxylic acids is 3. The Labute approximate surface area is 233 Å². The summed E-state index contributed by atoms with van der Waals surface area (Å²) in [6.07, 6.45) is 2.76. The molecule has 214 valence electrons. The zero-order valence-corrected chi connectivity index (χ0v) is 21.8. The van der Waals surface area contributed by atoms with Gasteiger partial charge < -0.3 is 41.9 Å². The molecule has 0 spiro atoms. The normalized spacial score (nSPS) is 13.3. The number of rotatable bonds is 13. The second-order valence-electron chi connectivity index (χ2n) is 9.57. The fraction of sp³-hybridized carbons (Fsp3) is 0.250. The Kier molecular flexibility index (Phi) is 8.99. The van der Waals surface area contributed by atoms with Crippen molar-refractivity contribution in [2.24, 2.45) is 5.73 Å². The largest absolute Gasteiger partial charge is 0.481 e. The molecule has 0 saturated heterocycles. The van der Waals surface area contributed by atoms with Crippen LogP contribution in [0.5, 0.6) is 0 Å². The van der Waals surface area contributed by atoms with Gasteiger partial charge in [-0.2, -0.15) is 0 Å². The second-order valence-corrected chi connectivity index (χ2v) is 9.57. The van der Waals surface area contributed by atoms with Gasteiger partial charge in [0.2, 0.25) is 17.7 Å². The molecule has 2 heterocycles. The van der Waals surface area contributed by atoms with Crippen molar-refractivity contribution in [2.75, 3.05) is 6.54 Å². The number of nitrogens with one attached hydrogen (secondary N) is 5. The molecule has 4 rings (SSSR count). The van der Waals surface area contributed by atoms with Gasteiger partial charge in [0, 0.05) is 40.6 Å². The number of para-hydroxylation sites is 2. The number of carboxylic acid groups (broad SMARTS) is 2. The van der Waals surface area contributed by atoms with E-state index in [0.29, 0.717) is 5.56 Å². The summed E-state index contributed by atoms with van der Waals surface area (Å²) < 4.78 is 0. The predicted molar refractivity (Wildman–Crippen MR) is 149 cm³/mol. The van der Waals surface area contributed by atoms with E-state index in [4.69, 9.17) is 5.73 Å². The minimum atomic E-state index is -1.51. The summed E-state index contributed by atoms with van der Waals surface area (Å²) in [6.45, 7) is -0.635. The van der Waals surface area contributed by atoms with Gasteiger partial charge in [-0.3, -0.25) is 19.2 Å². The fourth-order valence-electron chi connectivity index (χ4n) is 4.55. The molecule has 2 aromatic carbocycles. The van der Waals surface area contributed by atoms with E-state index in [1.807, 2.05) is 48.5 Å². The van der Waals surface area contributed by atoms with Gasteiger partial charge in [0.1, 0.15) is 12.1 Å². The molecule has 0 aliphatic carbocycles. The first kappa shape index (κ1) is 28.8. The number of amides is 3. The van der Waals surface area contributed by atoms with Gasteiger partial charge in [-0.05, 0) is 29.7 Å². The second kappa shape index (κ2) is 12.8. The van der Waals surface area contributed by atoms with Crippen LogP contribution in [0, 0.1) is 0 Å². The van der Waals surface area contributed by atoms with Gasteiger partial charge in [0.25, 0.3) is 0 Å². The van der Waals surface area contributed by atoms with Crippen molar-refractivity contribution < 1.29 is 34.2 Å². The van der Waals surface area contributed by atoms with Gasteiger partial charge in [0.05, 0.1) is 19.0 Å². The van der Waals surface area contributed by atoms with Crippen LogP contribution < -0.4 is 21.7 Å². The van der Waals surface area contributed by atoms with Crippen molar-refractivity contribution in [3.05, 3.63) is 72.1 Å². The molecule has 3 atom stereocenters. The lowest BCUT2D eigenvalue weighted by Gasteiger charge is -2.20. The van der Waals surface area contributed by atoms with Crippen LogP contribution in [0.25, 0.3) is 21.8 Å². The summed E-state index contributed by atoms with van der Waals surface area (Å²) in [6, 6.07) is 10.9. The number of carbonyl (C=O) groups is 5. The van der Waals surface area contributed by atoms with Gasteiger partial charge in [-0.25, -0.2) is 4.79 Å². The highest BCUT2D eigenvalue weighted by Crippen LogP contribution is 2.20. The molecule has 2 aromatic heterocycles. The van der Waals surface area contributed by atoms with Crippen molar-refractivity contribution in [3.63, 3.8) is 0 Å². The Morgan fingerprint density at radius 1 is 0.756 bits per heavy atom. The number of carboxylic acids is 2. The molecule has 0 radical (unpaired) electrons. The maximum atomic E-state index is 12.7. The average molecular weight is 563 g/mol. The molecule has 0 aliphatic heterocycles. The van der Waals surface area contributed by atoms with Crippen molar-refractivity contribution in [2.45, 2.75) is 37.4 Å². The van der Waals surface area contributed by atoms with E-state index >= 15 is 0 Å². The lowest BCUT2D eigenvalue weighted by Crippen LogP contribution is -2.54. The van der Waals surface area contributed by atoms with Crippen LogP contribution in [0.15, 0.2) is 60.9 Å². The Bertz CT molecular complexity index is 1590. The molecule has 0 bridgehead atoms. The molecule has 41 heavy (non-hydrogen) atoms. The molecule has 13 nitrogen and oxygen atoms in total. The average Bonchev–Trinajstić information content (AvgIpc) is 3.54. The number of hydrogen-bond acceptors (Lipinski definition) is 6. The van der Waals surface area contributed by atoms with Crippen LogP contribution in [0.3, 0.4) is 0 Å². The standard InChI is InChI=1S/C28H30N6O7/c29-19(9-15-12-30-20-7-3-1-5-17(15)20)26(38)34-22(11-25(36)37)27(39)32-14-24(35)33-23(28(40)41)10-16-13-31-21-8-4-2-6-18(16)21/h1-8,12-13,19,22-23,30-31H,9-11,14,29H2,(H,32,39)(H,33,35)(H,34,38)(H,36,37)(H,40,41). The van der Waals surface area contributed by atoms with E-state index in [1.54, 1.807) is 12.4 Å². The first-order valence-corrected chi connectivity index (χ1v) is 12.8. The highest BCUT2D eigenvalue weighted by Gasteiger charge is 2.28. The van der Waals surface area contributed by atoms with E-state index < -0.39 is 60.8 Å². The van der Waals surface area contributed by atoms with Gasteiger partial charge in [-0.1, -0.05) is 36.4 Å². The van der Waals surface area contributed by atoms with Gasteiger partial charge in [0.15, 0.2) is 0 Å². The Morgan fingerprint density at radius 2 is 1.32 bits per heavy atom. The molecule has 0 aliphatic rings. The third kappa shape index (κ3) is 7.28. The first-order valence-electron chi connectivity index (χ1n) is 12.8. The number of aliphatic carboxylic acids is 2. The van der Waals surface area contributed by atoms with Gasteiger partial charge in [-0.15, -0.1) is 0 Å². The topological polar surface area (TPSA) is 219 Å². The van der Waals surface area contributed by atoms with Crippen molar-refractivity contribution in [1.29, 1.82) is 0 Å². The monoisotopic (exact) mass is 562 g/mol. The predicted octanol–water partition coefficient (Wildman–Crippen LogP) is 0.407. The molecular weight excluding hydrogens is 532 g/mol. The Morgan fingerprint density at radius 3 is 1.88 bits per heavy atom. The van der Waals surface area contributed by atoms with E-state index in [1.165, 1.54) is 0 Å². The highest BCUT2D eigenvalue weighted by molar-refractivity contribution is 5.95. The summed E-state index contributed by atoms with van der Waals surface area (Å²) in [7, 11) is 0. The van der Waals surface area contributed by atoms with Crippen molar-refractivity contribution in [1.82, 2.24) is 25.9 Å². The first-order chi connectivity index (χ1) is 19.6. The molecule has 3 amide bonds.